The molecule has 0 aliphatic heterocycles. The maximum absolute atomic E-state index is 11.9. The number of nitrogens with zero attached hydrogens (tertiary/aromatic N) is 3. The molecule has 17 heavy (non-hydrogen) atoms. The molecular weight excluding hydrogens is 238 g/mol. The van der Waals surface area contributed by atoms with E-state index in [1.165, 1.54) is 4.57 Å². The minimum Gasteiger partial charge on any atom is -0.408 e. The Morgan fingerprint density at radius 3 is 2.65 bits per heavy atom. The predicted octanol–water partition coefficient (Wildman–Crippen LogP) is 1.07. The highest BCUT2D eigenvalue weighted by Crippen LogP contribution is 1.99. The van der Waals surface area contributed by atoms with Crippen LogP contribution in [0.15, 0.2) is 40.3 Å². The highest BCUT2D eigenvalue weighted by molar-refractivity contribution is 7.03. The van der Waals surface area contributed by atoms with Crippen molar-refractivity contribution < 1.29 is 5.21 Å². The second-order valence-electron chi connectivity index (χ2n) is 3.52. The molecule has 2 aromatic rings. The molecule has 0 amide bonds. The molecule has 0 atom stereocenters. The maximum atomic E-state index is 11.9. The number of hydrogen-bond acceptors (Lipinski definition) is 4. The lowest BCUT2D eigenvalue weighted by Gasteiger charge is -2.00. The molecular formula is C11H13N3O2S. The molecule has 6 heteroatoms. The molecule has 1 heterocycles. The Balaban J connectivity index is 2.46. The van der Waals surface area contributed by atoms with Crippen molar-refractivity contribution in [1.29, 1.82) is 0 Å². The van der Waals surface area contributed by atoms with Crippen LogP contribution in [0.25, 0.3) is 0 Å². The Labute approximate surface area is 102 Å². The van der Waals surface area contributed by atoms with Crippen molar-refractivity contribution in [1.82, 2.24) is 8.52 Å². The molecule has 1 aromatic heterocycles. The van der Waals surface area contributed by atoms with Gasteiger partial charge in [-0.15, -0.1) is 0 Å². The third kappa shape index (κ3) is 2.31. The van der Waals surface area contributed by atoms with Crippen molar-refractivity contribution in [3.63, 3.8) is 0 Å². The first-order valence-electron chi connectivity index (χ1n) is 5.29. The molecule has 90 valence electrons. The van der Waals surface area contributed by atoms with E-state index < -0.39 is 0 Å². The van der Waals surface area contributed by atoms with Crippen molar-refractivity contribution in [2.24, 2.45) is 5.16 Å². The van der Waals surface area contributed by atoms with Gasteiger partial charge in [0.05, 0.1) is 6.54 Å². The molecule has 0 bridgehead atoms. The summed E-state index contributed by atoms with van der Waals surface area (Å²) >= 11 is 1.16. The van der Waals surface area contributed by atoms with Crippen LogP contribution in [0.4, 0.5) is 0 Å². The van der Waals surface area contributed by atoms with E-state index in [0.29, 0.717) is 17.9 Å². The quantitative estimate of drug-likeness (QED) is 0.655. The molecule has 0 unspecified atom stereocenters. The van der Waals surface area contributed by atoms with Gasteiger partial charge in [-0.3, -0.25) is 4.57 Å². The zero-order chi connectivity index (χ0) is 12.3. The minimum atomic E-state index is -0.144. The third-order valence-electron chi connectivity index (χ3n) is 2.42. The van der Waals surface area contributed by atoms with Crippen LogP contribution in [0, 0.1) is 0 Å². The van der Waals surface area contributed by atoms with Gasteiger partial charge in [0.15, 0.2) is 0 Å². The van der Waals surface area contributed by atoms with Crippen molar-refractivity contribution in [3.8, 4) is 0 Å². The smallest absolute Gasteiger partial charge is 0.340 e. The summed E-state index contributed by atoms with van der Waals surface area (Å²) in [5.74, 6) is 0. The lowest BCUT2D eigenvalue weighted by Crippen LogP contribution is -2.29. The van der Waals surface area contributed by atoms with E-state index in [4.69, 9.17) is 5.21 Å². The van der Waals surface area contributed by atoms with Crippen LogP contribution in [0.3, 0.4) is 0 Å². The zero-order valence-electron chi connectivity index (χ0n) is 9.41. The van der Waals surface area contributed by atoms with Gasteiger partial charge >= 0.3 is 5.69 Å². The highest BCUT2D eigenvalue weighted by Gasteiger charge is 2.08. The summed E-state index contributed by atoms with van der Waals surface area (Å²) < 4.78 is 3.02. The lowest BCUT2D eigenvalue weighted by atomic mass is 10.2. The van der Waals surface area contributed by atoms with Crippen LogP contribution >= 0.6 is 11.5 Å². The fourth-order valence-electron chi connectivity index (χ4n) is 1.58. The average molecular weight is 251 g/mol. The fourth-order valence-corrected chi connectivity index (χ4v) is 2.36. The summed E-state index contributed by atoms with van der Waals surface area (Å²) in [4.78, 5) is 12.3. The Kier molecular flexibility index (Phi) is 3.43. The van der Waals surface area contributed by atoms with E-state index in [-0.39, 0.29) is 5.69 Å². The summed E-state index contributed by atoms with van der Waals surface area (Å²) in [6.45, 7) is 2.88. The summed E-state index contributed by atoms with van der Waals surface area (Å²) in [7, 11) is 0. The van der Waals surface area contributed by atoms with Crippen molar-refractivity contribution >= 4 is 11.5 Å². The molecule has 0 aliphatic carbocycles. The molecule has 5 nitrogen and oxygen atoms in total. The number of aryl methyl sites for hydroxylation is 1. The van der Waals surface area contributed by atoms with Gasteiger partial charge in [-0.25, -0.2) is 8.75 Å². The Morgan fingerprint density at radius 2 is 2.06 bits per heavy atom. The number of rotatable bonds is 3. The van der Waals surface area contributed by atoms with Gasteiger partial charge in [-0.05, 0) is 24.0 Å². The lowest BCUT2D eigenvalue weighted by molar-refractivity contribution is 0.297. The zero-order valence-corrected chi connectivity index (χ0v) is 10.2. The Hall–Kier alpha value is -1.82. The summed E-state index contributed by atoms with van der Waals surface area (Å²) in [6, 6.07) is 9.61. The van der Waals surface area contributed by atoms with Gasteiger partial charge < -0.3 is 5.21 Å². The minimum absolute atomic E-state index is 0.144. The van der Waals surface area contributed by atoms with Crippen molar-refractivity contribution in [2.75, 3.05) is 0 Å². The Bertz CT molecular complexity index is 610. The number of aromatic nitrogens is 2. The molecule has 0 fully saturated rings. The summed E-state index contributed by atoms with van der Waals surface area (Å²) in [5.41, 5.74) is 0.856. The van der Waals surface area contributed by atoms with Crippen LogP contribution < -0.4 is 10.5 Å². The molecule has 0 aliphatic rings. The van der Waals surface area contributed by atoms with Crippen LogP contribution in [0.5, 0.6) is 0 Å². The second-order valence-corrected chi connectivity index (χ2v) is 4.51. The second kappa shape index (κ2) is 5.01. The van der Waals surface area contributed by atoms with Crippen LogP contribution in [0.1, 0.15) is 12.5 Å². The normalized spacial score (nSPS) is 11.9. The Morgan fingerprint density at radius 1 is 1.35 bits per heavy atom. The van der Waals surface area contributed by atoms with Crippen LogP contribution in [-0.2, 0) is 13.1 Å². The highest BCUT2D eigenvalue weighted by atomic mass is 32.1. The van der Waals surface area contributed by atoms with Gasteiger partial charge in [0.2, 0.25) is 4.80 Å². The SMILES string of the molecule is CCn1sc(=NO)n(Cc2ccccc2)c1=O. The monoisotopic (exact) mass is 251 g/mol. The first-order valence-corrected chi connectivity index (χ1v) is 6.06. The molecule has 1 N–H and O–H groups in total. The van der Waals surface area contributed by atoms with E-state index in [1.54, 1.807) is 3.96 Å². The molecule has 2 rings (SSSR count). The van der Waals surface area contributed by atoms with Gasteiger partial charge in [-0.2, -0.15) is 0 Å². The van der Waals surface area contributed by atoms with Gasteiger partial charge in [-0.1, -0.05) is 35.5 Å². The van der Waals surface area contributed by atoms with E-state index in [9.17, 15) is 4.79 Å². The standard InChI is InChI=1S/C11H13N3O2S/c1-2-14-11(15)13(10(12-16)17-14)8-9-6-4-3-5-7-9/h3-7,16H,2,8H2,1H3. The van der Waals surface area contributed by atoms with Crippen molar-refractivity contribution in [3.05, 3.63) is 51.2 Å². The largest absolute Gasteiger partial charge is 0.408 e. The van der Waals surface area contributed by atoms with E-state index in [1.807, 2.05) is 37.3 Å². The summed E-state index contributed by atoms with van der Waals surface area (Å²) in [6.07, 6.45) is 0. The first-order chi connectivity index (χ1) is 8.26. The topological polar surface area (TPSA) is 59.5 Å². The average Bonchev–Trinajstić information content (AvgIpc) is 2.68. The first kappa shape index (κ1) is 11.7. The fraction of sp³-hybridized carbons (Fsp3) is 0.273. The van der Waals surface area contributed by atoms with E-state index in [2.05, 4.69) is 5.16 Å². The number of hydrogen-bond donors (Lipinski definition) is 1. The molecule has 0 spiro atoms. The van der Waals surface area contributed by atoms with Crippen molar-refractivity contribution in [2.45, 2.75) is 20.0 Å². The third-order valence-corrected chi connectivity index (χ3v) is 3.52. The van der Waals surface area contributed by atoms with E-state index >= 15 is 0 Å². The van der Waals surface area contributed by atoms with Gasteiger partial charge in [0.1, 0.15) is 0 Å². The number of benzene rings is 1. The molecule has 0 saturated heterocycles. The maximum Gasteiger partial charge on any atom is 0.340 e. The molecule has 1 aromatic carbocycles. The predicted molar refractivity (Wildman–Crippen MR) is 65.1 cm³/mol. The van der Waals surface area contributed by atoms with Gasteiger partial charge in [0, 0.05) is 6.54 Å². The van der Waals surface area contributed by atoms with E-state index in [0.717, 1.165) is 17.1 Å². The summed E-state index contributed by atoms with van der Waals surface area (Å²) in [5, 5.41) is 12.0. The molecule has 0 radical (unpaired) electrons. The van der Waals surface area contributed by atoms with Gasteiger partial charge in [0.25, 0.3) is 0 Å². The van der Waals surface area contributed by atoms with Crippen LogP contribution in [0.2, 0.25) is 0 Å². The molecule has 0 saturated carbocycles. The van der Waals surface area contributed by atoms with Crippen LogP contribution in [-0.4, -0.2) is 13.7 Å².